The number of carbonyl (C=O) groups excluding carboxylic acids is 2. The zero-order valence-corrected chi connectivity index (χ0v) is 8.28. The van der Waals surface area contributed by atoms with Crippen LogP contribution in [0.5, 0.6) is 0 Å². The number of nitrogens with one attached hydrogen (secondary N) is 1. The molecule has 0 rings (SSSR count). The number of carbonyl (C=O) groups is 2. The largest absolute Gasteiger partial charge is 0.394 e. The van der Waals surface area contributed by atoms with Crippen molar-refractivity contribution in [3.63, 3.8) is 0 Å². The van der Waals surface area contributed by atoms with Crippen molar-refractivity contribution >= 4 is 12.2 Å². The lowest BCUT2D eigenvalue weighted by molar-refractivity contribution is -0.196. The van der Waals surface area contributed by atoms with E-state index in [4.69, 9.17) is 11.6 Å². The van der Waals surface area contributed by atoms with Gasteiger partial charge in [0.2, 0.25) is 5.91 Å². The summed E-state index contributed by atoms with van der Waals surface area (Å²) in [5.74, 6) is -1.09. The Hall–Kier alpha value is -1.06. The second-order valence-electron chi connectivity index (χ2n) is 3.15. The lowest BCUT2D eigenvalue weighted by Gasteiger charge is -2.36. The van der Waals surface area contributed by atoms with E-state index < -0.39 is 43.5 Å². The predicted octanol–water partition coefficient (Wildman–Crippen LogP) is -3.92. The fraction of sp³-hybridized carbons (Fsp3) is 0.750. The third-order valence-corrected chi connectivity index (χ3v) is 1.92. The lowest BCUT2D eigenvalue weighted by Crippen LogP contribution is -2.67. The Balaban J connectivity index is 5.08. The summed E-state index contributed by atoms with van der Waals surface area (Å²) in [4.78, 5) is 21.3. The highest BCUT2D eigenvalue weighted by Crippen LogP contribution is 2.15. The molecule has 0 heterocycles. The Morgan fingerprint density at radius 3 is 2.50 bits per heavy atom. The highest BCUT2D eigenvalue weighted by molar-refractivity contribution is 5.75. The van der Waals surface area contributed by atoms with Gasteiger partial charge in [0.1, 0.15) is 12.2 Å². The van der Waals surface area contributed by atoms with E-state index in [-0.39, 0.29) is 6.29 Å². The molecular weight excluding hydrogens is 222 g/mol. The molecule has 0 radical (unpaired) electrons. The molecule has 0 aromatic heterocycles. The molecular formula is C8H15NO7. The van der Waals surface area contributed by atoms with Crippen LogP contribution in [0.25, 0.3) is 0 Å². The van der Waals surface area contributed by atoms with Crippen LogP contribution in [0.2, 0.25) is 0 Å². The van der Waals surface area contributed by atoms with Crippen LogP contribution in [-0.2, 0) is 9.59 Å². The number of amides is 1. The molecule has 0 spiro atoms. The number of hydrogen-bond donors (Lipinski definition) is 6. The summed E-state index contributed by atoms with van der Waals surface area (Å²) < 4.78 is 6.69. The van der Waals surface area contributed by atoms with Gasteiger partial charge in [0.25, 0.3) is 0 Å². The van der Waals surface area contributed by atoms with Gasteiger partial charge < -0.3 is 35.6 Å². The van der Waals surface area contributed by atoms with Crippen molar-refractivity contribution in [1.29, 1.82) is 0 Å². The predicted molar refractivity (Wildman–Crippen MR) is 49.9 cm³/mol. The Labute approximate surface area is 92.5 Å². The standard InChI is InChI=1S/C8H15NO7/c1-4(12)9-8(16,6(14)3-11)7(15)5(13)2-10/h3,5-7,10,13-16H,2H2,1H3,(H,9,12)/t5-,6+,7-,8-/m1/s1/i1D. The van der Waals surface area contributed by atoms with E-state index in [1.165, 1.54) is 0 Å². The maximum absolute atomic E-state index is 10.9. The Kier molecular flexibility index (Phi) is 4.77. The zero-order chi connectivity index (χ0) is 13.6. The summed E-state index contributed by atoms with van der Waals surface area (Å²) in [5, 5.41) is 47.7. The molecule has 0 aromatic rings. The molecule has 8 nitrogen and oxygen atoms in total. The maximum atomic E-state index is 10.9. The Morgan fingerprint density at radius 1 is 1.56 bits per heavy atom. The van der Waals surface area contributed by atoms with Crippen molar-refractivity contribution in [3.05, 3.63) is 0 Å². The number of aldehydes is 1. The minimum absolute atomic E-state index is 0.169. The van der Waals surface area contributed by atoms with Gasteiger partial charge in [-0.3, -0.25) is 4.79 Å². The van der Waals surface area contributed by atoms with Gasteiger partial charge in [-0.05, 0) is 0 Å². The quantitative estimate of drug-likeness (QED) is 0.204. The van der Waals surface area contributed by atoms with Gasteiger partial charge in [0, 0.05) is 8.27 Å². The van der Waals surface area contributed by atoms with Gasteiger partial charge in [-0.2, -0.15) is 0 Å². The van der Waals surface area contributed by atoms with E-state index in [9.17, 15) is 24.9 Å². The molecule has 0 aliphatic heterocycles. The van der Waals surface area contributed by atoms with Crippen molar-refractivity contribution in [3.8, 4) is 0 Å². The van der Waals surface area contributed by atoms with Gasteiger partial charge in [-0.1, -0.05) is 0 Å². The number of aliphatic hydroxyl groups is 5. The first kappa shape index (κ1) is 13.0. The van der Waals surface area contributed by atoms with Crippen molar-refractivity contribution < 1.29 is 36.5 Å². The van der Waals surface area contributed by atoms with E-state index in [0.717, 1.165) is 0 Å². The molecule has 0 unspecified atom stereocenters. The van der Waals surface area contributed by atoms with Gasteiger partial charge in [0.15, 0.2) is 18.1 Å². The second-order valence-corrected chi connectivity index (χ2v) is 3.15. The molecule has 0 aromatic carbocycles. The molecule has 0 saturated carbocycles. The van der Waals surface area contributed by atoms with Crippen LogP contribution < -0.4 is 5.32 Å². The first-order valence-electron chi connectivity index (χ1n) is 4.97. The lowest BCUT2D eigenvalue weighted by atomic mass is 9.96. The number of hydrogen-bond acceptors (Lipinski definition) is 7. The minimum Gasteiger partial charge on any atom is -0.394 e. The van der Waals surface area contributed by atoms with Gasteiger partial charge in [-0.25, -0.2) is 0 Å². The first-order chi connectivity index (χ1) is 7.83. The van der Waals surface area contributed by atoms with E-state index in [1.54, 1.807) is 5.32 Å². The fourth-order valence-corrected chi connectivity index (χ4v) is 1.04. The number of aliphatic hydroxyl groups excluding tert-OH is 4. The zero-order valence-electron chi connectivity index (χ0n) is 9.28. The van der Waals surface area contributed by atoms with Crippen LogP contribution >= 0.6 is 0 Å². The SMILES string of the molecule is [2H]CC(=O)N[C@](O)([C@H](O)[C@H](O)CO)[C@@H](O)C=O. The summed E-state index contributed by atoms with van der Waals surface area (Å²) in [6.07, 6.45) is -6.49. The monoisotopic (exact) mass is 238 g/mol. The van der Waals surface area contributed by atoms with E-state index in [0.29, 0.717) is 0 Å². The molecule has 6 N–H and O–H groups in total. The summed E-state index contributed by atoms with van der Waals surface area (Å²) in [5.41, 5.74) is -2.87. The van der Waals surface area contributed by atoms with Crippen molar-refractivity contribution in [2.24, 2.45) is 0 Å². The van der Waals surface area contributed by atoms with Crippen LogP contribution in [0, 0.1) is 0 Å². The van der Waals surface area contributed by atoms with Crippen LogP contribution in [0.4, 0.5) is 0 Å². The van der Waals surface area contributed by atoms with Crippen molar-refractivity contribution in [1.82, 2.24) is 5.32 Å². The number of rotatable bonds is 6. The topological polar surface area (TPSA) is 147 Å². The third kappa shape index (κ3) is 3.22. The molecule has 0 saturated heterocycles. The van der Waals surface area contributed by atoms with Crippen molar-refractivity contribution in [2.75, 3.05) is 6.61 Å². The summed E-state index contributed by atoms with van der Waals surface area (Å²) in [6, 6.07) is 0. The average Bonchev–Trinajstić information content (AvgIpc) is 2.35. The average molecular weight is 238 g/mol. The van der Waals surface area contributed by atoms with Crippen LogP contribution in [0.3, 0.4) is 0 Å². The summed E-state index contributed by atoms with van der Waals surface area (Å²) >= 11 is 0. The molecule has 1 amide bonds. The molecule has 0 fully saturated rings. The molecule has 0 aliphatic carbocycles. The molecule has 4 atom stereocenters. The third-order valence-electron chi connectivity index (χ3n) is 1.92. The van der Waals surface area contributed by atoms with Gasteiger partial charge in [-0.15, -0.1) is 0 Å². The highest BCUT2D eigenvalue weighted by Gasteiger charge is 2.46. The second kappa shape index (κ2) is 5.87. The molecule has 16 heavy (non-hydrogen) atoms. The Morgan fingerprint density at radius 2 is 2.12 bits per heavy atom. The molecule has 94 valence electrons. The van der Waals surface area contributed by atoms with Gasteiger partial charge >= 0.3 is 0 Å². The summed E-state index contributed by atoms with van der Waals surface area (Å²) in [7, 11) is 0. The first-order valence-corrected chi connectivity index (χ1v) is 4.26. The minimum atomic E-state index is -2.87. The molecule has 8 heteroatoms. The summed E-state index contributed by atoms with van der Waals surface area (Å²) in [6.45, 7) is -1.79. The van der Waals surface area contributed by atoms with Crippen LogP contribution in [0.1, 0.15) is 8.27 Å². The highest BCUT2D eigenvalue weighted by atomic mass is 16.4. The van der Waals surface area contributed by atoms with Gasteiger partial charge in [0.05, 0.1) is 6.61 Å². The van der Waals surface area contributed by atoms with E-state index in [1.807, 2.05) is 0 Å². The maximum Gasteiger partial charge on any atom is 0.219 e. The smallest absolute Gasteiger partial charge is 0.219 e. The van der Waals surface area contributed by atoms with Crippen LogP contribution in [-0.4, -0.2) is 68.4 Å². The van der Waals surface area contributed by atoms with Crippen LogP contribution in [0.15, 0.2) is 0 Å². The van der Waals surface area contributed by atoms with Crippen molar-refractivity contribution in [2.45, 2.75) is 30.9 Å². The normalized spacial score (nSPS) is 21.2. The van der Waals surface area contributed by atoms with E-state index in [2.05, 4.69) is 0 Å². The fourth-order valence-electron chi connectivity index (χ4n) is 1.04. The Bertz CT molecular complexity index is 277. The molecule has 0 bridgehead atoms. The van der Waals surface area contributed by atoms with E-state index >= 15 is 0 Å². The molecule has 0 aliphatic rings.